The zero-order valence-corrected chi connectivity index (χ0v) is 11.7. The van der Waals surface area contributed by atoms with E-state index in [0.717, 1.165) is 10.9 Å². The van der Waals surface area contributed by atoms with Gasteiger partial charge in [0.15, 0.2) is 0 Å². The third kappa shape index (κ3) is 3.09. The van der Waals surface area contributed by atoms with Crippen LogP contribution < -0.4 is 0 Å². The Balaban J connectivity index is 2.01. The van der Waals surface area contributed by atoms with Gasteiger partial charge in [0.1, 0.15) is 5.82 Å². The number of amides is 1. The van der Waals surface area contributed by atoms with Gasteiger partial charge in [0.05, 0.1) is 12.5 Å². The number of benzene rings is 1. The zero-order chi connectivity index (χ0) is 13.1. The summed E-state index contributed by atoms with van der Waals surface area (Å²) >= 11 is 3.28. The SMILES string of the molecule is CO[C@H]1CCN(C(=O)Cc2cc(Br)ccc2F)C1. The molecule has 3 nitrogen and oxygen atoms in total. The van der Waals surface area contributed by atoms with Crippen LogP contribution in [-0.2, 0) is 16.0 Å². The Bertz CT molecular complexity index is 453. The van der Waals surface area contributed by atoms with E-state index in [1.807, 2.05) is 0 Å². The van der Waals surface area contributed by atoms with E-state index in [4.69, 9.17) is 4.74 Å². The van der Waals surface area contributed by atoms with Crippen molar-refractivity contribution in [3.63, 3.8) is 0 Å². The number of hydrogen-bond donors (Lipinski definition) is 0. The second-order valence-electron chi connectivity index (χ2n) is 4.40. The molecular formula is C13H15BrFNO2. The molecule has 1 aromatic rings. The van der Waals surface area contributed by atoms with Crippen molar-refractivity contribution in [3.05, 3.63) is 34.1 Å². The summed E-state index contributed by atoms with van der Waals surface area (Å²) in [5.41, 5.74) is 0.426. The molecule has 18 heavy (non-hydrogen) atoms. The average molecular weight is 316 g/mol. The highest BCUT2D eigenvalue weighted by molar-refractivity contribution is 9.10. The van der Waals surface area contributed by atoms with E-state index in [-0.39, 0.29) is 24.2 Å². The largest absolute Gasteiger partial charge is 0.380 e. The minimum atomic E-state index is -0.339. The molecule has 1 aliphatic rings. The third-order valence-electron chi connectivity index (χ3n) is 3.18. The molecule has 98 valence electrons. The molecular weight excluding hydrogens is 301 g/mol. The lowest BCUT2D eigenvalue weighted by molar-refractivity contribution is -0.129. The Morgan fingerprint density at radius 1 is 1.61 bits per heavy atom. The fraction of sp³-hybridized carbons (Fsp3) is 0.462. The van der Waals surface area contributed by atoms with Crippen molar-refractivity contribution < 1.29 is 13.9 Å². The first-order valence-electron chi connectivity index (χ1n) is 5.84. The van der Waals surface area contributed by atoms with Crippen molar-refractivity contribution in [1.82, 2.24) is 4.90 Å². The van der Waals surface area contributed by atoms with Gasteiger partial charge in [0.25, 0.3) is 0 Å². The molecule has 0 saturated carbocycles. The van der Waals surface area contributed by atoms with Gasteiger partial charge in [-0.05, 0) is 30.2 Å². The Morgan fingerprint density at radius 2 is 2.39 bits per heavy atom. The molecule has 0 aliphatic carbocycles. The van der Waals surface area contributed by atoms with Crippen LogP contribution in [0.15, 0.2) is 22.7 Å². The van der Waals surface area contributed by atoms with Gasteiger partial charge < -0.3 is 9.64 Å². The van der Waals surface area contributed by atoms with E-state index in [2.05, 4.69) is 15.9 Å². The van der Waals surface area contributed by atoms with Crippen LogP contribution in [0.1, 0.15) is 12.0 Å². The summed E-state index contributed by atoms with van der Waals surface area (Å²) in [5.74, 6) is -0.388. The maximum absolute atomic E-state index is 13.5. The van der Waals surface area contributed by atoms with Crippen LogP contribution in [0.3, 0.4) is 0 Å². The molecule has 0 aromatic heterocycles. The minimum Gasteiger partial charge on any atom is -0.380 e. The summed E-state index contributed by atoms with van der Waals surface area (Å²) in [5, 5.41) is 0. The Hall–Kier alpha value is -0.940. The van der Waals surface area contributed by atoms with E-state index < -0.39 is 0 Å². The molecule has 0 radical (unpaired) electrons. The molecule has 0 unspecified atom stereocenters. The Labute approximate surface area is 114 Å². The van der Waals surface area contributed by atoms with Gasteiger partial charge in [-0.2, -0.15) is 0 Å². The zero-order valence-electron chi connectivity index (χ0n) is 10.2. The second-order valence-corrected chi connectivity index (χ2v) is 5.31. The summed E-state index contributed by atoms with van der Waals surface area (Å²) in [6.07, 6.45) is 1.06. The predicted molar refractivity (Wildman–Crippen MR) is 69.8 cm³/mol. The smallest absolute Gasteiger partial charge is 0.227 e. The Kier molecular flexibility index (Phi) is 4.35. The van der Waals surface area contributed by atoms with Gasteiger partial charge >= 0.3 is 0 Å². The van der Waals surface area contributed by atoms with Crippen molar-refractivity contribution in [1.29, 1.82) is 0 Å². The number of halogens is 2. The van der Waals surface area contributed by atoms with Crippen molar-refractivity contribution in [2.75, 3.05) is 20.2 Å². The van der Waals surface area contributed by atoms with Crippen molar-refractivity contribution in [2.24, 2.45) is 0 Å². The highest BCUT2D eigenvalue weighted by Crippen LogP contribution is 2.18. The molecule has 0 N–H and O–H groups in total. The molecule has 1 atom stereocenters. The standard InChI is InChI=1S/C13H15BrFNO2/c1-18-11-4-5-16(8-11)13(17)7-9-6-10(14)2-3-12(9)15/h2-3,6,11H,4-5,7-8H2,1H3/t11-/m0/s1. The van der Waals surface area contributed by atoms with Gasteiger partial charge in [-0.15, -0.1) is 0 Å². The lowest BCUT2D eigenvalue weighted by Gasteiger charge is -2.16. The van der Waals surface area contributed by atoms with Gasteiger partial charge in [0, 0.05) is 24.7 Å². The molecule has 1 heterocycles. The Morgan fingerprint density at radius 3 is 3.06 bits per heavy atom. The number of ether oxygens (including phenoxy) is 1. The lowest BCUT2D eigenvalue weighted by Crippen LogP contribution is -2.31. The fourth-order valence-electron chi connectivity index (χ4n) is 2.10. The van der Waals surface area contributed by atoms with Crippen molar-refractivity contribution >= 4 is 21.8 Å². The quantitative estimate of drug-likeness (QED) is 0.857. The van der Waals surface area contributed by atoms with Crippen LogP contribution in [0.5, 0.6) is 0 Å². The van der Waals surface area contributed by atoms with Crippen molar-refractivity contribution in [2.45, 2.75) is 18.9 Å². The molecule has 5 heteroatoms. The topological polar surface area (TPSA) is 29.5 Å². The summed E-state index contributed by atoms with van der Waals surface area (Å²) in [4.78, 5) is 13.8. The first-order chi connectivity index (χ1) is 8.60. The first kappa shape index (κ1) is 13.5. The normalized spacial score (nSPS) is 19.3. The van der Waals surface area contributed by atoms with Crippen LogP contribution in [0, 0.1) is 5.82 Å². The monoisotopic (exact) mass is 315 g/mol. The summed E-state index contributed by atoms with van der Waals surface area (Å²) in [6.45, 7) is 1.29. The number of likely N-dealkylation sites (tertiary alicyclic amines) is 1. The molecule has 1 amide bonds. The van der Waals surface area contributed by atoms with Crippen LogP contribution in [0.2, 0.25) is 0 Å². The summed E-state index contributed by atoms with van der Waals surface area (Å²) in [6, 6.07) is 4.64. The van der Waals surface area contributed by atoms with Crippen molar-refractivity contribution in [3.8, 4) is 0 Å². The molecule has 2 rings (SSSR count). The number of rotatable bonds is 3. The van der Waals surface area contributed by atoms with E-state index in [1.165, 1.54) is 6.07 Å². The second kappa shape index (κ2) is 5.80. The predicted octanol–water partition coefficient (Wildman–Crippen LogP) is 2.38. The van der Waals surface area contributed by atoms with Crippen LogP contribution in [0.25, 0.3) is 0 Å². The number of carbonyl (C=O) groups excluding carboxylic acids is 1. The van der Waals surface area contributed by atoms with E-state index in [1.54, 1.807) is 24.1 Å². The summed E-state index contributed by atoms with van der Waals surface area (Å²) in [7, 11) is 1.65. The van der Waals surface area contributed by atoms with Crippen LogP contribution in [0.4, 0.5) is 4.39 Å². The first-order valence-corrected chi connectivity index (χ1v) is 6.64. The van der Waals surface area contributed by atoms with Gasteiger partial charge in [0.2, 0.25) is 5.91 Å². The molecule has 1 saturated heterocycles. The number of hydrogen-bond acceptors (Lipinski definition) is 2. The maximum atomic E-state index is 13.5. The number of methoxy groups -OCH3 is 1. The summed E-state index contributed by atoms with van der Waals surface area (Å²) < 4.78 is 19.5. The molecule has 1 aromatic carbocycles. The van der Waals surface area contributed by atoms with E-state index >= 15 is 0 Å². The molecule has 1 fully saturated rings. The molecule has 0 bridgehead atoms. The molecule has 1 aliphatic heterocycles. The lowest BCUT2D eigenvalue weighted by atomic mass is 10.1. The van der Waals surface area contributed by atoms with Crippen LogP contribution in [-0.4, -0.2) is 37.1 Å². The van der Waals surface area contributed by atoms with E-state index in [0.29, 0.717) is 18.7 Å². The van der Waals surface area contributed by atoms with E-state index in [9.17, 15) is 9.18 Å². The highest BCUT2D eigenvalue weighted by atomic mass is 79.9. The van der Waals surface area contributed by atoms with Gasteiger partial charge in [-0.3, -0.25) is 4.79 Å². The average Bonchev–Trinajstić information content (AvgIpc) is 2.82. The number of nitrogens with zero attached hydrogens (tertiary/aromatic N) is 1. The van der Waals surface area contributed by atoms with Gasteiger partial charge in [-0.25, -0.2) is 4.39 Å². The third-order valence-corrected chi connectivity index (χ3v) is 3.67. The van der Waals surface area contributed by atoms with Crippen LogP contribution >= 0.6 is 15.9 Å². The fourth-order valence-corrected chi connectivity index (χ4v) is 2.51. The van der Waals surface area contributed by atoms with Gasteiger partial charge in [-0.1, -0.05) is 15.9 Å². The highest BCUT2D eigenvalue weighted by Gasteiger charge is 2.26. The maximum Gasteiger partial charge on any atom is 0.227 e. The minimum absolute atomic E-state index is 0.0495. The molecule has 0 spiro atoms. The number of carbonyl (C=O) groups is 1.